The molecule has 0 saturated carbocycles. The van der Waals surface area contributed by atoms with Crippen LogP contribution in [0.3, 0.4) is 0 Å². The third-order valence-electron chi connectivity index (χ3n) is 2.65. The highest BCUT2D eigenvalue weighted by atomic mass is 32.1. The maximum Gasteiger partial charge on any atom is 0.0312 e. The van der Waals surface area contributed by atoms with Gasteiger partial charge in [0.1, 0.15) is 0 Å². The van der Waals surface area contributed by atoms with Crippen LogP contribution < -0.4 is 0 Å². The van der Waals surface area contributed by atoms with E-state index in [1.54, 1.807) is 0 Å². The van der Waals surface area contributed by atoms with Crippen LogP contribution in [0.1, 0.15) is 12.8 Å². The summed E-state index contributed by atoms with van der Waals surface area (Å²) in [6, 6.07) is 0. The minimum Gasteiger partial charge on any atom is -0.372 e. The van der Waals surface area contributed by atoms with Crippen LogP contribution >= 0.6 is 12.8 Å². The molecule has 1 fully saturated rings. The SMILES string of the molecule is SN1CCN(C2=CC=CCC2)CC1. The largest absolute Gasteiger partial charge is 0.372 e. The Balaban J connectivity index is 1.93. The zero-order chi connectivity index (χ0) is 9.10. The molecular formula is C10H16N2S. The molecule has 2 aliphatic rings. The highest BCUT2D eigenvalue weighted by molar-refractivity contribution is 7.77. The molecule has 0 spiro atoms. The highest BCUT2D eigenvalue weighted by Gasteiger charge is 2.16. The van der Waals surface area contributed by atoms with E-state index in [4.69, 9.17) is 0 Å². The Labute approximate surface area is 85.4 Å². The van der Waals surface area contributed by atoms with Crippen molar-refractivity contribution in [2.75, 3.05) is 26.2 Å². The fourth-order valence-electron chi connectivity index (χ4n) is 1.84. The van der Waals surface area contributed by atoms with Crippen molar-refractivity contribution in [2.24, 2.45) is 0 Å². The topological polar surface area (TPSA) is 6.48 Å². The summed E-state index contributed by atoms with van der Waals surface area (Å²) in [5.41, 5.74) is 1.50. The van der Waals surface area contributed by atoms with Crippen LogP contribution in [0.4, 0.5) is 0 Å². The summed E-state index contributed by atoms with van der Waals surface area (Å²) in [5, 5.41) is 0. The van der Waals surface area contributed by atoms with Gasteiger partial charge in [0.25, 0.3) is 0 Å². The number of rotatable bonds is 1. The summed E-state index contributed by atoms with van der Waals surface area (Å²) >= 11 is 4.34. The highest BCUT2D eigenvalue weighted by Crippen LogP contribution is 2.18. The number of nitrogens with zero attached hydrogens (tertiary/aromatic N) is 2. The second-order valence-corrected chi connectivity index (χ2v) is 4.13. The van der Waals surface area contributed by atoms with Gasteiger partial charge in [0, 0.05) is 31.9 Å². The number of piperazine rings is 1. The van der Waals surface area contributed by atoms with Gasteiger partial charge in [-0.1, -0.05) is 25.0 Å². The van der Waals surface area contributed by atoms with E-state index in [2.05, 4.69) is 40.2 Å². The molecule has 0 bridgehead atoms. The molecule has 2 rings (SSSR count). The van der Waals surface area contributed by atoms with Crippen molar-refractivity contribution in [1.29, 1.82) is 0 Å². The average molecular weight is 196 g/mol. The third-order valence-corrected chi connectivity index (χ3v) is 3.05. The number of allylic oxidation sites excluding steroid dienone is 4. The first-order valence-electron chi connectivity index (χ1n) is 4.91. The third kappa shape index (κ3) is 2.29. The fraction of sp³-hybridized carbons (Fsp3) is 0.600. The van der Waals surface area contributed by atoms with Crippen LogP contribution in [-0.2, 0) is 0 Å². The van der Waals surface area contributed by atoms with E-state index in [9.17, 15) is 0 Å². The predicted octanol–water partition coefficient (Wildman–Crippen LogP) is 1.68. The maximum atomic E-state index is 4.34. The minimum absolute atomic E-state index is 1.07. The van der Waals surface area contributed by atoms with E-state index in [1.165, 1.54) is 18.5 Å². The first kappa shape index (κ1) is 9.16. The Morgan fingerprint density at radius 2 is 1.92 bits per heavy atom. The number of hydrogen-bond donors (Lipinski definition) is 1. The van der Waals surface area contributed by atoms with Gasteiger partial charge in [-0.15, -0.1) is 0 Å². The van der Waals surface area contributed by atoms with Gasteiger partial charge in [0.15, 0.2) is 0 Å². The molecule has 72 valence electrons. The quantitative estimate of drug-likeness (QED) is 0.638. The Kier molecular flexibility index (Phi) is 2.96. The van der Waals surface area contributed by atoms with Crippen molar-refractivity contribution < 1.29 is 0 Å². The van der Waals surface area contributed by atoms with Crippen LogP contribution in [0, 0.1) is 0 Å². The lowest BCUT2D eigenvalue weighted by molar-refractivity contribution is 0.236. The predicted molar refractivity (Wildman–Crippen MR) is 58.6 cm³/mol. The van der Waals surface area contributed by atoms with Crippen molar-refractivity contribution in [2.45, 2.75) is 12.8 Å². The number of thiol groups is 1. The zero-order valence-corrected chi connectivity index (χ0v) is 8.71. The van der Waals surface area contributed by atoms with Crippen LogP contribution in [0.25, 0.3) is 0 Å². The van der Waals surface area contributed by atoms with Crippen molar-refractivity contribution in [3.8, 4) is 0 Å². The van der Waals surface area contributed by atoms with E-state index < -0.39 is 0 Å². The van der Waals surface area contributed by atoms with Crippen molar-refractivity contribution in [3.05, 3.63) is 23.9 Å². The van der Waals surface area contributed by atoms with Crippen LogP contribution in [0.5, 0.6) is 0 Å². The molecule has 0 amide bonds. The molecule has 1 aliphatic heterocycles. The lowest BCUT2D eigenvalue weighted by Gasteiger charge is -2.35. The first-order valence-corrected chi connectivity index (χ1v) is 5.31. The normalized spacial score (nSPS) is 24.7. The fourth-order valence-corrected chi connectivity index (χ4v) is 2.02. The molecule has 0 N–H and O–H groups in total. The lowest BCUT2D eigenvalue weighted by atomic mass is 10.1. The van der Waals surface area contributed by atoms with Gasteiger partial charge >= 0.3 is 0 Å². The molecule has 0 atom stereocenters. The summed E-state index contributed by atoms with van der Waals surface area (Å²) in [6.07, 6.45) is 9.07. The van der Waals surface area contributed by atoms with Gasteiger partial charge < -0.3 is 4.90 Å². The summed E-state index contributed by atoms with van der Waals surface area (Å²) < 4.78 is 2.09. The Morgan fingerprint density at radius 3 is 2.54 bits per heavy atom. The van der Waals surface area contributed by atoms with Crippen LogP contribution in [-0.4, -0.2) is 35.4 Å². The van der Waals surface area contributed by atoms with E-state index in [-0.39, 0.29) is 0 Å². The Hall–Kier alpha value is -0.410. The van der Waals surface area contributed by atoms with Gasteiger partial charge in [-0.3, -0.25) is 0 Å². The van der Waals surface area contributed by atoms with Crippen LogP contribution in [0.2, 0.25) is 0 Å². The molecule has 1 saturated heterocycles. The zero-order valence-electron chi connectivity index (χ0n) is 7.82. The van der Waals surface area contributed by atoms with Gasteiger partial charge in [0.05, 0.1) is 0 Å². The van der Waals surface area contributed by atoms with Crippen LogP contribution in [0.15, 0.2) is 23.9 Å². The Bertz CT molecular complexity index is 227. The summed E-state index contributed by atoms with van der Waals surface area (Å²) in [6.45, 7) is 4.40. The van der Waals surface area contributed by atoms with E-state index in [0.717, 1.165) is 26.2 Å². The minimum atomic E-state index is 1.07. The summed E-state index contributed by atoms with van der Waals surface area (Å²) in [4.78, 5) is 2.48. The standard InChI is InChI=1S/C10H16N2S/c13-12-8-6-11(7-9-12)10-4-2-1-3-5-10/h1-2,4,13H,3,5-9H2. The molecule has 0 aromatic heterocycles. The van der Waals surface area contributed by atoms with E-state index >= 15 is 0 Å². The van der Waals surface area contributed by atoms with Gasteiger partial charge in [-0.05, 0) is 18.9 Å². The molecule has 13 heavy (non-hydrogen) atoms. The van der Waals surface area contributed by atoms with Gasteiger partial charge in [0.2, 0.25) is 0 Å². The maximum absolute atomic E-state index is 4.34. The molecule has 0 aromatic rings. The molecule has 2 nitrogen and oxygen atoms in total. The monoisotopic (exact) mass is 196 g/mol. The Morgan fingerprint density at radius 1 is 1.15 bits per heavy atom. The molecule has 1 aliphatic carbocycles. The lowest BCUT2D eigenvalue weighted by Crippen LogP contribution is -2.41. The summed E-state index contributed by atoms with van der Waals surface area (Å²) in [5.74, 6) is 0. The van der Waals surface area contributed by atoms with Crippen molar-refractivity contribution in [1.82, 2.24) is 9.21 Å². The van der Waals surface area contributed by atoms with Crippen molar-refractivity contribution in [3.63, 3.8) is 0 Å². The second kappa shape index (κ2) is 4.20. The van der Waals surface area contributed by atoms with E-state index in [1.807, 2.05) is 0 Å². The molecular weight excluding hydrogens is 180 g/mol. The second-order valence-electron chi connectivity index (χ2n) is 3.57. The number of hydrogen-bond acceptors (Lipinski definition) is 3. The molecule has 0 unspecified atom stereocenters. The van der Waals surface area contributed by atoms with Gasteiger partial charge in [-0.25, -0.2) is 4.31 Å². The summed E-state index contributed by atoms with van der Waals surface area (Å²) in [7, 11) is 0. The molecule has 0 radical (unpaired) electrons. The van der Waals surface area contributed by atoms with E-state index in [0.29, 0.717) is 0 Å². The average Bonchev–Trinajstić information content (AvgIpc) is 2.20. The molecule has 3 heteroatoms. The smallest absolute Gasteiger partial charge is 0.0312 e. The van der Waals surface area contributed by atoms with Crippen molar-refractivity contribution >= 4 is 12.8 Å². The molecule has 0 aromatic carbocycles. The first-order chi connectivity index (χ1) is 6.36. The molecule has 1 heterocycles. The van der Waals surface area contributed by atoms with Gasteiger partial charge in [-0.2, -0.15) is 0 Å².